The first-order valence-electron chi connectivity index (χ1n) is 8.47. The lowest BCUT2D eigenvalue weighted by Crippen LogP contribution is -2.29. The molecule has 0 saturated carbocycles. The molecule has 0 bridgehead atoms. The van der Waals surface area contributed by atoms with Crippen molar-refractivity contribution in [3.05, 3.63) is 48.3 Å². The third-order valence-electron chi connectivity index (χ3n) is 4.94. The van der Waals surface area contributed by atoms with Gasteiger partial charge in [0.2, 0.25) is 5.91 Å². The molecular formula is C18H17N3O5S. The van der Waals surface area contributed by atoms with E-state index in [4.69, 9.17) is 5.11 Å². The van der Waals surface area contributed by atoms with Crippen LogP contribution in [0.25, 0.3) is 0 Å². The van der Waals surface area contributed by atoms with Gasteiger partial charge in [-0.15, -0.1) is 0 Å². The number of aliphatic carboxylic acids is 1. The minimum Gasteiger partial charge on any atom is -0.481 e. The van der Waals surface area contributed by atoms with E-state index in [1.54, 1.807) is 30.6 Å². The van der Waals surface area contributed by atoms with Crippen molar-refractivity contribution in [2.75, 3.05) is 22.3 Å². The Morgan fingerprint density at radius 1 is 1.19 bits per heavy atom. The zero-order valence-electron chi connectivity index (χ0n) is 14.3. The van der Waals surface area contributed by atoms with Gasteiger partial charge < -0.3 is 10.0 Å². The van der Waals surface area contributed by atoms with Crippen LogP contribution in [-0.4, -0.2) is 43.5 Å². The molecule has 9 heteroatoms. The van der Waals surface area contributed by atoms with Gasteiger partial charge in [0.15, 0.2) is 0 Å². The summed E-state index contributed by atoms with van der Waals surface area (Å²) in [4.78, 5) is 28.7. The van der Waals surface area contributed by atoms with Crippen LogP contribution in [0, 0.1) is 5.92 Å². The maximum atomic E-state index is 13.0. The van der Waals surface area contributed by atoms with E-state index in [0.717, 1.165) is 5.56 Å². The van der Waals surface area contributed by atoms with Crippen LogP contribution in [-0.2, 0) is 26.0 Å². The van der Waals surface area contributed by atoms with E-state index in [9.17, 15) is 18.0 Å². The molecule has 2 aromatic rings. The Morgan fingerprint density at radius 2 is 1.93 bits per heavy atom. The molecule has 140 valence electrons. The molecule has 1 N–H and O–H groups in total. The lowest BCUT2D eigenvalue weighted by Gasteiger charge is -2.20. The van der Waals surface area contributed by atoms with Crippen LogP contribution in [0.3, 0.4) is 0 Å². The Balaban J connectivity index is 1.59. The van der Waals surface area contributed by atoms with Crippen molar-refractivity contribution in [1.82, 2.24) is 4.98 Å². The summed E-state index contributed by atoms with van der Waals surface area (Å²) in [5, 5.41) is 9.08. The number of carbonyl (C=O) groups excluding carboxylic acids is 1. The van der Waals surface area contributed by atoms with Crippen LogP contribution < -0.4 is 9.21 Å². The third kappa shape index (κ3) is 2.93. The van der Waals surface area contributed by atoms with E-state index >= 15 is 0 Å². The van der Waals surface area contributed by atoms with Crippen molar-refractivity contribution < 1.29 is 23.1 Å². The van der Waals surface area contributed by atoms with Crippen molar-refractivity contribution in [3.8, 4) is 0 Å². The molecule has 27 heavy (non-hydrogen) atoms. The number of carboxylic acid groups (broad SMARTS) is 1. The number of aromatic nitrogens is 1. The highest BCUT2D eigenvalue weighted by Crippen LogP contribution is 2.33. The monoisotopic (exact) mass is 387 g/mol. The Labute approximate surface area is 156 Å². The van der Waals surface area contributed by atoms with E-state index in [-0.39, 0.29) is 23.8 Å². The van der Waals surface area contributed by atoms with Gasteiger partial charge in [-0.25, -0.2) is 8.42 Å². The van der Waals surface area contributed by atoms with Gasteiger partial charge in [0.05, 0.1) is 16.5 Å². The van der Waals surface area contributed by atoms with Crippen LogP contribution >= 0.6 is 0 Å². The third-order valence-corrected chi connectivity index (χ3v) is 6.77. The lowest BCUT2D eigenvalue weighted by molar-refractivity contribution is -0.141. The van der Waals surface area contributed by atoms with Crippen molar-refractivity contribution in [2.45, 2.75) is 17.7 Å². The minimum atomic E-state index is -3.72. The first-order valence-corrected chi connectivity index (χ1v) is 9.91. The Kier molecular flexibility index (Phi) is 4.11. The molecule has 1 amide bonds. The van der Waals surface area contributed by atoms with Crippen molar-refractivity contribution >= 4 is 33.3 Å². The van der Waals surface area contributed by atoms with Crippen molar-refractivity contribution in [2.24, 2.45) is 5.92 Å². The largest absolute Gasteiger partial charge is 0.481 e. The van der Waals surface area contributed by atoms with Gasteiger partial charge in [-0.3, -0.25) is 18.9 Å². The zero-order chi connectivity index (χ0) is 19.2. The molecule has 1 aromatic heterocycles. The van der Waals surface area contributed by atoms with Gasteiger partial charge in [-0.1, -0.05) is 0 Å². The summed E-state index contributed by atoms with van der Waals surface area (Å²) >= 11 is 0. The van der Waals surface area contributed by atoms with E-state index in [1.807, 2.05) is 0 Å². The molecule has 0 radical (unpaired) electrons. The van der Waals surface area contributed by atoms with Gasteiger partial charge in [-0.05, 0) is 42.3 Å². The van der Waals surface area contributed by atoms with Crippen molar-refractivity contribution in [1.29, 1.82) is 0 Å². The molecular weight excluding hydrogens is 370 g/mol. The molecule has 0 spiro atoms. The number of carboxylic acids is 1. The maximum Gasteiger partial charge on any atom is 0.308 e. The lowest BCUT2D eigenvalue weighted by atomic mass is 10.1. The standard InChI is InChI=1S/C18H17N3O5S/c22-17-9-13(18(23)24)11-20(17)14-1-3-15(4-2-14)27(25,26)21-8-6-12-10-19-7-5-16(12)21/h1-5,7,10,13H,6,8-9,11H2,(H,23,24). The first kappa shape index (κ1) is 17.5. The average molecular weight is 387 g/mol. The van der Waals surface area contributed by atoms with Crippen LogP contribution in [0.2, 0.25) is 0 Å². The second-order valence-corrected chi connectivity index (χ2v) is 8.43. The topological polar surface area (TPSA) is 108 Å². The molecule has 2 aliphatic rings. The first-order chi connectivity index (χ1) is 12.9. The van der Waals surface area contributed by atoms with Crippen LogP contribution in [0.4, 0.5) is 11.4 Å². The predicted molar refractivity (Wildman–Crippen MR) is 97.0 cm³/mol. The number of pyridine rings is 1. The molecule has 1 aromatic carbocycles. The predicted octanol–water partition coefficient (Wildman–Crippen LogP) is 1.27. The molecule has 1 atom stereocenters. The fourth-order valence-electron chi connectivity index (χ4n) is 3.50. The molecule has 3 heterocycles. The van der Waals surface area contributed by atoms with Crippen LogP contribution in [0.1, 0.15) is 12.0 Å². The fourth-order valence-corrected chi connectivity index (χ4v) is 5.00. The van der Waals surface area contributed by atoms with Gasteiger partial charge in [0.1, 0.15) is 0 Å². The second kappa shape index (κ2) is 6.34. The van der Waals surface area contributed by atoms with E-state index in [0.29, 0.717) is 24.3 Å². The molecule has 2 aliphatic heterocycles. The number of carbonyl (C=O) groups is 2. The normalized spacial score (nSPS) is 19.4. The maximum absolute atomic E-state index is 13.0. The van der Waals surface area contributed by atoms with Crippen LogP contribution in [0.15, 0.2) is 47.6 Å². The molecule has 8 nitrogen and oxygen atoms in total. The Hall–Kier alpha value is -2.94. The van der Waals surface area contributed by atoms with Gasteiger partial charge in [0.25, 0.3) is 10.0 Å². The van der Waals surface area contributed by atoms with E-state index in [1.165, 1.54) is 21.3 Å². The smallest absolute Gasteiger partial charge is 0.308 e. The summed E-state index contributed by atoms with van der Waals surface area (Å²) < 4.78 is 27.3. The van der Waals surface area contributed by atoms with Gasteiger partial charge in [-0.2, -0.15) is 0 Å². The average Bonchev–Trinajstić information content (AvgIpc) is 3.26. The summed E-state index contributed by atoms with van der Waals surface area (Å²) in [6.45, 7) is 0.447. The summed E-state index contributed by atoms with van der Waals surface area (Å²) in [6.07, 6.45) is 3.80. The second-order valence-electron chi connectivity index (χ2n) is 6.57. The number of amides is 1. The number of rotatable bonds is 4. The minimum absolute atomic E-state index is 0.0476. The van der Waals surface area contributed by atoms with Gasteiger partial charge >= 0.3 is 5.97 Å². The SMILES string of the molecule is O=C(O)C1CC(=O)N(c2ccc(S(=O)(=O)N3CCc4cnccc43)cc2)C1. The molecule has 1 saturated heterocycles. The van der Waals surface area contributed by atoms with Crippen LogP contribution in [0.5, 0.6) is 0 Å². The highest BCUT2D eigenvalue weighted by atomic mass is 32.2. The molecule has 0 aliphatic carbocycles. The number of hydrogen-bond donors (Lipinski definition) is 1. The highest BCUT2D eigenvalue weighted by molar-refractivity contribution is 7.92. The number of hydrogen-bond acceptors (Lipinski definition) is 5. The summed E-state index contributed by atoms with van der Waals surface area (Å²) in [6, 6.07) is 7.66. The van der Waals surface area contributed by atoms with Crippen molar-refractivity contribution in [3.63, 3.8) is 0 Å². The number of anilines is 2. The molecule has 4 rings (SSSR count). The Morgan fingerprint density at radius 3 is 2.59 bits per heavy atom. The molecule has 1 fully saturated rings. The summed E-state index contributed by atoms with van der Waals surface area (Å²) in [7, 11) is -3.72. The van der Waals surface area contributed by atoms with Gasteiger partial charge in [0, 0.05) is 37.6 Å². The summed E-state index contributed by atoms with van der Waals surface area (Å²) in [5.41, 5.74) is 2.02. The quantitative estimate of drug-likeness (QED) is 0.846. The fraction of sp³-hybridized carbons (Fsp3) is 0.278. The molecule has 1 unspecified atom stereocenters. The number of fused-ring (bicyclic) bond motifs is 1. The number of benzene rings is 1. The number of sulfonamides is 1. The van der Waals surface area contributed by atoms with E-state index < -0.39 is 21.9 Å². The number of nitrogens with zero attached hydrogens (tertiary/aromatic N) is 3. The highest BCUT2D eigenvalue weighted by Gasteiger charge is 2.35. The summed E-state index contributed by atoms with van der Waals surface area (Å²) in [5.74, 6) is -2.03. The van der Waals surface area contributed by atoms with E-state index in [2.05, 4.69) is 4.98 Å². The Bertz CT molecular complexity index is 1020. The zero-order valence-corrected chi connectivity index (χ0v) is 15.1.